The molecule has 0 bridgehead atoms. The first-order valence-corrected chi connectivity index (χ1v) is 11.4. The average molecular weight is 420 g/mol. The Balaban J connectivity index is 1.76. The summed E-state index contributed by atoms with van der Waals surface area (Å²) in [5.41, 5.74) is 7.11. The van der Waals surface area contributed by atoms with E-state index in [0.29, 0.717) is 5.92 Å². The zero-order valence-electron chi connectivity index (χ0n) is 19.3. The van der Waals surface area contributed by atoms with Gasteiger partial charge in [-0.05, 0) is 76.0 Å². The predicted molar refractivity (Wildman–Crippen MR) is 131 cm³/mol. The van der Waals surface area contributed by atoms with Gasteiger partial charge in [0.1, 0.15) is 16.9 Å². The molecule has 158 valence electrons. The van der Waals surface area contributed by atoms with Gasteiger partial charge in [0, 0.05) is 5.56 Å². The molecule has 4 aromatic carbocycles. The highest BCUT2D eigenvalue weighted by molar-refractivity contribution is 6.14. The van der Waals surface area contributed by atoms with Crippen LogP contribution in [0.5, 0.6) is 11.5 Å². The number of rotatable bonds is 2. The minimum absolute atomic E-state index is 0.578. The van der Waals surface area contributed by atoms with Crippen molar-refractivity contribution in [1.29, 1.82) is 0 Å². The third-order valence-corrected chi connectivity index (χ3v) is 6.84. The van der Waals surface area contributed by atoms with Crippen molar-refractivity contribution < 1.29 is 9.30 Å². The van der Waals surface area contributed by atoms with Gasteiger partial charge < -0.3 is 4.74 Å². The van der Waals surface area contributed by atoms with Gasteiger partial charge in [-0.25, -0.2) is 4.57 Å². The molecule has 0 unspecified atom stereocenters. The van der Waals surface area contributed by atoms with Crippen molar-refractivity contribution in [3.05, 3.63) is 71.5 Å². The van der Waals surface area contributed by atoms with Crippen LogP contribution in [-0.2, 0) is 13.5 Å². The van der Waals surface area contributed by atoms with E-state index in [4.69, 9.17) is 9.72 Å². The number of hydrogen-bond acceptors (Lipinski definition) is 2. The number of fused-ring (bicyclic) bond motifs is 5. The van der Waals surface area contributed by atoms with E-state index in [-0.39, 0.29) is 0 Å². The molecular weight excluding hydrogens is 392 g/mol. The third kappa shape index (κ3) is 2.60. The summed E-state index contributed by atoms with van der Waals surface area (Å²) in [4.78, 5) is 4.76. The highest BCUT2D eigenvalue weighted by Crippen LogP contribution is 2.51. The summed E-state index contributed by atoms with van der Waals surface area (Å²) in [6, 6.07) is 17.6. The summed E-state index contributed by atoms with van der Waals surface area (Å²) in [5, 5.41) is 6.22. The Bertz CT molecular complexity index is 1580. The fourth-order valence-corrected chi connectivity index (χ4v) is 5.47. The maximum Gasteiger partial charge on any atom is 0.287 e. The minimum Gasteiger partial charge on any atom is -0.455 e. The van der Waals surface area contributed by atoms with Crippen LogP contribution in [0.15, 0.2) is 54.9 Å². The quantitative estimate of drug-likeness (QED) is 0.224. The second-order valence-corrected chi connectivity index (χ2v) is 9.56. The molecule has 0 aliphatic carbocycles. The fraction of sp³-hybridized carbons (Fsp3) is 0.241. The second kappa shape index (κ2) is 6.77. The molecule has 2 heterocycles. The Labute approximate surface area is 188 Å². The zero-order chi connectivity index (χ0) is 22.1. The van der Waals surface area contributed by atoms with E-state index in [1.807, 2.05) is 6.33 Å². The highest BCUT2D eigenvalue weighted by atomic mass is 16.5. The molecule has 1 aliphatic rings. The molecule has 6 rings (SSSR count). The van der Waals surface area contributed by atoms with E-state index < -0.39 is 0 Å². The van der Waals surface area contributed by atoms with Gasteiger partial charge in [-0.2, -0.15) is 0 Å². The lowest BCUT2D eigenvalue weighted by Crippen LogP contribution is -2.33. The van der Waals surface area contributed by atoms with Crippen LogP contribution in [0, 0.1) is 19.8 Å². The van der Waals surface area contributed by atoms with Crippen LogP contribution in [0.25, 0.3) is 43.7 Å². The summed E-state index contributed by atoms with van der Waals surface area (Å²) in [7, 11) is 2.09. The SMILES string of the molecule is Cc1c2c(c(C)c3c1ccc1ccccc13)Oc1cc(CC(C)C)cc3nc[n+](C)c-2c13. The molecule has 3 nitrogen and oxygen atoms in total. The second-order valence-electron chi connectivity index (χ2n) is 9.56. The topological polar surface area (TPSA) is 26.0 Å². The van der Waals surface area contributed by atoms with Crippen molar-refractivity contribution in [3.63, 3.8) is 0 Å². The van der Waals surface area contributed by atoms with Crippen molar-refractivity contribution in [1.82, 2.24) is 4.98 Å². The molecule has 0 amide bonds. The predicted octanol–water partition coefficient (Wildman–Crippen LogP) is 6.95. The Morgan fingerprint density at radius 3 is 2.56 bits per heavy atom. The van der Waals surface area contributed by atoms with E-state index in [0.717, 1.165) is 28.8 Å². The molecule has 3 heteroatoms. The fourth-order valence-electron chi connectivity index (χ4n) is 5.47. The molecule has 0 saturated carbocycles. The summed E-state index contributed by atoms with van der Waals surface area (Å²) in [5.74, 6) is 2.48. The number of ether oxygens (including phenoxy) is 1. The molecule has 1 aliphatic heterocycles. The smallest absolute Gasteiger partial charge is 0.287 e. The van der Waals surface area contributed by atoms with E-state index in [1.165, 1.54) is 49.5 Å². The Hall–Kier alpha value is -3.46. The lowest BCUT2D eigenvalue weighted by Gasteiger charge is -2.25. The van der Waals surface area contributed by atoms with E-state index in [9.17, 15) is 0 Å². The standard InChI is InChI=1S/C29H27N2O/c1-16(2)12-19-13-23-27-24(14-19)32-29-18(4)25-21(11-10-20-8-6-7-9-22(20)25)17(3)26(29)28(27)31(5)15-30-23/h6-11,13-16H,12H2,1-5H3/q+1. The van der Waals surface area contributed by atoms with E-state index in [2.05, 4.69) is 87.8 Å². The van der Waals surface area contributed by atoms with Crippen molar-refractivity contribution in [2.75, 3.05) is 0 Å². The van der Waals surface area contributed by atoms with Crippen LogP contribution in [-0.4, -0.2) is 4.98 Å². The minimum atomic E-state index is 0.578. The number of nitrogens with zero attached hydrogens (tertiary/aromatic N) is 2. The van der Waals surface area contributed by atoms with Crippen molar-refractivity contribution >= 4 is 32.4 Å². The lowest BCUT2D eigenvalue weighted by molar-refractivity contribution is -0.662. The van der Waals surface area contributed by atoms with Crippen molar-refractivity contribution in [3.8, 4) is 22.8 Å². The van der Waals surface area contributed by atoms with Crippen molar-refractivity contribution in [2.24, 2.45) is 13.0 Å². The van der Waals surface area contributed by atoms with E-state index >= 15 is 0 Å². The number of aromatic nitrogens is 2. The molecule has 1 aromatic heterocycles. The van der Waals surface area contributed by atoms with Gasteiger partial charge in [-0.3, -0.25) is 0 Å². The largest absolute Gasteiger partial charge is 0.455 e. The molecule has 0 radical (unpaired) electrons. The van der Waals surface area contributed by atoms with Crippen LogP contribution in [0.4, 0.5) is 0 Å². The van der Waals surface area contributed by atoms with Gasteiger partial charge >= 0.3 is 0 Å². The Kier molecular flexibility index (Phi) is 4.07. The van der Waals surface area contributed by atoms with Gasteiger partial charge in [-0.15, -0.1) is 0 Å². The van der Waals surface area contributed by atoms with Crippen LogP contribution in [0.1, 0.15) is 30.5 Å². The van der Waals surface area contributed by atoms with Crippen LogP contribution in [0.2, 0.25) is 0 Å². The van der Waals surface area contributed by atoms with Crippen LogP contribution in [0.3, 0.4) is 0 Å². The number of hydrogen-bond donors (Lipinski definition) is 0. The monoisotopic (exact) mass is 419 g/mol. The summed E-state index contributed by atoms with van der Waals surface area (Å²) in [6.07, 6.45) is 2.95. The maximum atomic E-state index is 6.74. The van der Waals surface area contributed by atoms with E-state index in [1.54, 1.807) is 0 Å². The summed E-state index contributed by atoms with van der Waals surface area (Å²) >= 11 is 0. The first-order valence-electron chi connectivity index (χ1n) is 11.4. The zero-order valence-corrected chi connectivity index (χ0v) is 19.3. The molecule has 32 heavy (non-hydrogen) atoms. The molecule has 0 N–H and O–H groups in total. The van der Waals surface area contributed by atoms with Gasteiger partial charge in [0.2, 0.25) is 0 Å². The average Bonchev–Trinajstić information content (AvgIpc) is 2.78. The number of benzene rings is 4. The Morgan fingerprint density at radius 2 is 1.75 bits per heavy atom. The first-order chi connectivity index (χ1) is 15.4. The summed E-state index contributed by atoms with van der Waals surface area (Å²) < 4.78 is 8.89. The highest BCUT2D eigenvalue weighted by Gasteiger charge is 2.32. The molecule has 0 fully saturated rings. The summed E-state index contributed by atoms with van der Waals surface area (Å²) in [6.45, 7) is 8.93. The molecule has 0 atom stereocenters. The van der Waals surface area contributed by atoms with Gasteiger partial charge in [0.05, 0.1) is 12.6 Å². The van der Waals surface area contributed by atoms with Gasteiger partial charge in [-0.1, -0.05) is 50.2 Å². The Morgan fingerprint density at radius 1 is 0.938 bits per heavy atom. The maximum absolute atomic E-state index is 6.74. The van der Waals surface area contributed by atoms with Crippen LogP contribution < -0.4 is 9.30 Å². The number of aryl methyl sites for hydroxylation is 3. The van der Waals surface area contributed by atoms with Crippen molar-refractivity contribution in [2.45, 2.75) is 34.1 Å². The molecule has 0 spiro atoms. The molecule has 5 aromatic rings. The third-order valence-electron chi connectivity index (χ3n) is 6.84. The molecule has 0 saturated heterocycles. The van der Waals surface area contributed by atoms with Crippen LogP contribution >= 0.6 is 0 Å². The molecular formula is C29H27N2O+. The normalized spacial score (nSPS) is 12.6. The lowest BCUT2D eigenvalue weighted by atomic mass is 9.87. The van der Waals surface area contributed by atoms with Gasteiger partial charge in [0.15, 0.2) is 11.2 Å². The first kappa shape index (κ1) is 19.2. The van der Waals surface area contributed by atoms with Gasteiger partial charge in [0.25, 0.3) is 6.33 Å².